The van der Waals surface area contributed by atoms with Gasteiger partial charge in [0, 0.05) is 32.3 Å². The van der Waals surface area contributed by atoms with Crippen molar-refractivity contribution in [2.45, 2.75) is 58.3 Å². The Kier molecular flexibility index (Phi) is 6.61. The molecule has 0 aromatic carbocycles. The van der Waals surface area contributed by atoms with Gasteiger partial charge in [0.05, 0.1) is 6.26 Å². The van der Waals surface area contributed by atoms with Crippen molar-refractivity contribution in [2.24, 2.45) is 5.92 Å². The molecule has 0 saturated heterocycles. The van der Waals surface area contributed by atoms with Crippen molar-refractivity contribution in [3.8, 4) is 0 Å². The monoisotopic (exact) mass is 352 g/mol. The first-order valence-corrected chi connectivity index (χ1v) is 8.38. The Morgan fingerprint density at radius 2 is 1.84 bits per heavy atom. The van der Waals surface area contributed by atoms with Gasteiger partial charge in [-0.05, 0) is 19.3 Å². The first-order valence-electron chi connectivity index (χ1n) is 8.38. The maximum absolute atomic E-state index is 11.6. The van der Waals surface area contributed by atoms with Gasteiger partial charge in [0.25, 0.3) is 0 Å². The highest BCUT2D eigenvalue weighted by molar-refractivity contribution is 5.68. The molecule has 0 aromatic rings. The average Bonchev–Trinajstić information content (AvgIpc) is 2.55. The third kappa shape index (κ3) is 5.34. The Labute approximate surface area is 146 Å². The first-order chi connectivity index (χ1) is 11.9. The summed E-state index contributed by atoms with van der Waals surface area (Å²) < 4.78 is 21.5. The molecule has 1 unspecified atom stereocenters. The van der Waals surface area contributed by atoms with Crippen molar-refractivity contribution in [3.63, 3.8) is 0 Å². The van der Waals surface area contributed by atoms with E-state index in [0.29, 0.717) is 0 Å². The van der Waals surface area contributed by atoms with E-state index in [4.69, 9.17) is 18.9 Å². The smallest absolute Gasteiger partial charge is 0.303 e. The minimum atomic E-state index is -0.879. The summed E-state index contributed by atoms with van der Waals surface area (Å²) in [5, 5.41) is 0. The number of hydrogen-bond donors (Lipinski definition) is 0. The third-order valence-electron chi connectivity index (χ3n) is 4.10. The molecule has 1 aliphatic heterocycles. The van der Waals surface area contributed by atoms with Gasteiger partial charge >= 0.3 is 17.9 Å². The SMILES string of the molecule is CC(=O)OC[C@H]1OC=C(C2C=CCCC2)[C@@H](OC(C)=O)[C@@H]1OC(C)=O. The molecule has 2 rings (SSSR count). The lowest BCUT2D eigenvalue weighted by molar-refractivity contribution is -0.181. The molecule has 7 nitrogen and oxygen atoms in total. The molecule has 25 heavy (non-hydrogen) atoms. The molecule has 0 fully saturated rings. The third-order valence-corrected chi connectivity index (χ3v) is 4.10. The molecule has 2 aliphatic rings. The zero-order valence-corrected chi connectivity index (χ0v) is 14.7. The quantitative estimate of drug-likeness (QED) is 0.425. The lowest BCUT2D eigenvalue weighted by Crippen LogP contribution is -2.50. The number of esters is 3. The van der Waals surface area contributed by atoms with E-state index >= 15 is 0 Å². The molecule has 1 heterocycles. The van der Waals surface area contributed by atoms with E-state index in [0.717, 1.165) is 24.8 Å². The number of carbonyl (C=O) groups excluding carboxylic acids is 3. The Hall–Kier alpha value is -2.31. The van der Waals surface area contributed by atoms with Crippen molar-refractivity contribution in [1.82, 2.24) is 0 Å². The summed E-state index contributed by atoms with van der Waals surface area (Å²) in [5.74, 6) is -1.44. The van der Waals surface area contributed by atoms with Gasteiger partial charge in [-0.3, -0.25) is 14.4 Å². The lowest BCUT2D eigenvalue weighted by Gasteiger charge is -2.38. The molecule has 0 spiro atoms. The van der Waals surface area contributed by atoms with E-state index in [1.165, 1.54) is 20.8 Å². The molecular formula is C18H24O7. The van der Waals surface area contributed by atoms with Crippen LogP contribution in [-0.4, -0.2) is 42.8 Å². The molecular weight excluding hydrogens is 328 g/mol. The highest BCUT2D eigenvalue weighted by Crippen LogP contribution is 2.34. The first kappa shape index (κ1) is 19.0. The summed E-state index contributed by atoms with van der Waals surface area (Å²) in [6.07, 6.45) is 6.18. The predicted molar refractivity (Wildman–Crippen MR) is 87.2 cm³/mol. The fourth-order valence-corrected chi connectivity index (χ4v) is 3.06. The molecule has 0 radical (unpaired) electrons. The molecule has 138 valence electrons. The summed E-state index contributed by atoms with van der Waals surface area (Å²) in [6, 6.07) is 0. The summed E-state index contributed by atoms with van der Waals surface area (Å²) in [6.45, 7) is 3.75. The molecule has 0 saturated carbocycles. The average molecular weight is 352 g/mol. The van der Waals surface area contributed by atoms with Crippen LogP contribution in [0.4, 0.5) is 0 Å². The molecule has 0 bridgehead atoms. The topological polar surface area (TPSA) is 88.1 Å². The number of allylic oxidation sites excluding steroid dienone is 2. The van der Waals surface area contributed by atoms with Crippen LogP contribution in [0, 0.1) is 5.92 Å². The van der Waals surface area contributed by atoms with Gasteiger partial charge in [-0.25, -0.2) is 0 Å². The molecule has 1 aliphatic carbocycles. The maximum Gasteiger partial charge on any atom is 0.303 e. The zero-order chi connectivity index (χ0) is 18.4. The fraction of sp³-hybridized carbons (Fsp3) is 0.611. The van der Waals surface area contributed by atoms with Crippen LogP contribution < -0.4 is 0 Å². The Morgan fingerprint density at radius 1 is 1.12 bits per heavy atom. The number of rotatable bonds is 5. The standard InChI is InChI=1S/C18H24O7/c1-11(19)22-10-16-18(25-13(3)21)17(24-12(2)20)15(9-23-16)14-7-5-4-6-8-14/h5,7,9,14,16-18H,4,6,8,10H2,1-3H3/t14?,16-,17-,18-/m1/s1. The highest BCUT2D eigenvalue weighted by Gasteiger charge is 2.43. The van der Waals surface area contributed by atoms with Crippen LogP contribution in [0.25, 0.3) is 0 Å². The van der Waals surface area contributed by atoms with E-state index in [-0.39, 0.29) is 12.5 Å². The largest absolute Gasteiger partial charge is 0.490 e. The number of carbonyl (C=O) groups is 3. The summed E-state index contributed by atoms with van der Waals surface area (Å²) in [4.78, 5) is 34.3. The zero-order valence-electron chi connectivity index (χ0n) is 14.7. The second-order valence-electron chi connectivity index (χ2n) is 6.16. The second kappa shape index (κ2) is 8.69. The Bertz CT molecular complexity index is 578. The fourth-order valence-electron chi connectivity index (χ4n) is 3.06. The normalized spacial score (nSPS) is 28.4. The minimum absolute atomic E-state index is 0.0471. The van der Waals surface area contributed by atoms with E-state index in [2.05, 4.69) is 6.08 Å². The van der Waals surface area contributed by atoms with Crippen LogP contribution in [0.15, 0.2) is 24.0 Å². The van der Waals surface area contributed by atoms with E-state index in [1.807, 2.05) is 6.08 Å². The number of ether oxygens (including phenoxy) is 4. The Morgan fingerprint density at radius 3 is 2.40 bits per heavy atom. The van der Waals surface area contributed by atoms with Gasteiger partial charge in [-0.1, -0.05) is 12.2 Å². The Balaban J connectivity index is 2.29. The van der Waals surface area contributed by atoms with Crippen molar-refractivity contribution in [2.75, 3.05) is 6.61 Å². The number of hydrogen-bond acceptors (Lipinski definition) is 7. The lowest BCUT2D eigenvalue weighted by atomic mass is 9.83. The molecule has 0 N–H and O–H groups in total. The van der Waals surface area contributed by atoms with Crippen LogP contribution in [0.3, 0.4) is 0 Å². The van der Waals surface area contributed by atoms with Crippen molar-refractivity contribution < 1.29 is 33.3 Å². The van der Waals surface area contributed by atoms with Crippen LogP contribution in [0.5, 0.6) is 0 Å². The van der Waals surface area contributed by atoms with Crippen molar-refractivity contribution in [1.29, 1.82) is 0 Å². The van der Waals surface area contributed by atoms with Gasteiger partial charge < -0.3 is 18.9 Å². The second-order valence-corrected chi connectivity index (χ2v) is 6.16. The summed E-state index contributed by atoms with van der Waals surface area (Å²) in [5.41, 5.74) is 0.747. The van der Waals surface area contributed by atoms with Gasteiger partial charge in [-0.2, -0.15) is 0 Å². The van der Waals surface area contributed by atoms with Gasteiger partial charge in [-0.15, -0.1) is 0 Å². The minimum Gasteiger partial charge on any atom is -0.490 e. The molecule has 7 heteroatoms. The van der Waals surface area contributed by atoms with Gasteiger partial charge in [0.15, 0.2) is 18.3 Å². The molecule has 0 aromatic heterocycles. The van der Waals surface area contributed by atoms with Crippen molar-refractivity contribution >= 4 is 17.9 Å². The van der Waals surface area contributed by atoms with E-state index in [1.54, 1.807) is 6.26 Å². The van der Waals surface area contributed by atoms with Crippen LogP contribution in [0.1, 0.15) is 40.0 Å². The van der Waals surface area contributed by atoms with E-state index in [9.17, 15) is 14.4 Å². The van der Waals surface area contributed by atoms with Crippen LogP contribution in [-0.2, 0) is 33.3 Å². The molecule has 4 atom stereocenters. The van der Waals surface area contributed by atoms with Crippen LogP contribution in [0.2, 0.25) is 0 Å². The highest BCUT2D eigenvalue weighted by atomic mass is 16.6. The van der Waals surface area contributed by atoms with Crippen molar-refractivity contribution in [3.05, 3.63) is 24.0 Å². The summed E-state index contributed by atoms with van der Waals surface area (Å²) >= 11 is 0. The molecule has 0 amide bonds. The maximum atomic E-state index is 11.6. The predicted octanol–water partition coefficient (Wildman–Crippen LogP) is 2.05. The van der Waals surface area contributed by atoms with Gasteiger partial charge in [0.2, 0.25) is 0 Å². The van der Waals surface area contributed by atoms with Gasteiger partial charge in [0.1, 0.15) is 6.61 Å². The van der Waals surface area contributed by atoms with E-state index < -0.39 is 36.2 Å². The van der Waals surface area contributed by atoms with Crippen LogP contribution >= 0.6 is 0 Å². The summed E-state index contributed by atoms with van der Waals surface area (Å²) in [7, 11) is 0.